The van der Waals surface area contributed by atoms with Crippen molar-refractivity contribution in [3.05, 3.63) is 48.6 Å². The van der Waals surface area contributed by atoms with Crippen LogP contribution >= 0.6 is 0 Å². The first kappa shape index (κ1) is 60.4. The van der Waals surface area contributed by atoms with E-state index in [9.17, 15) is 14.4 Å². The fourth-order valence-corrected chi connectivity index (χ4v) is 7.68. The lowest BCUT2D eigenvalue weighted by molar-refractivity contribution is -0.167. The Morgan fingerprint density at radius 1 is 0.317 bits per heavy atom. The minimum atomic E-state index is -0.783. The van der Waals surface area contributed by atoms with Gasteiger partial charge in [0.05, 0.1) is 0 Å². The highest BCUT2D eigenvalue weighted by Crippen LogP contribution is 2.15. The Bertz CT molecular complexity index is 1110. The van der Waals surface area contributed by atoms with Crippen molar-refractivity contribution in [1.82, 2.24) is 0 Å². The summed E-state index contributed by atoms with van der Waals surface area (Å²) < 4.78 is 16.8. The van der Waals surface area contributed by atoms with Crippen LogP contribution in [-0.4, -0.2) is 37.2 Å². The first-order chi connectivity index (χ1) is 31.0. The van der Waals surface area contributed by atoms with Gasteiger partial charge in [0.15, 0.2) is 6.10 Å². The summed E-state index contributed by atoms with van der Waals surface area (Å²) in [4.78, 5) is 38.0. The molecule has 6 heteroatoms. The Morgan fingerprint density at radius 3 is 0.937 bits per heavy atom. The molecule has 0 aromatic carbocycles. The van der Waals surface area contributed by atoms with Gasteiger partial charge in [-0.1, -0.05) is 223 Å². The van der Waals surface area contributed by atoms with Crippen molar-refractivity contribution in [2.45, 2.75) is 284 Å². The van der Waals surface area contributed by atoms with Crippen molar-refractivity contribution < 1.29 is 28.6 Å². The Labute approximate surface area is 390 Å². The standard InChI is InChI=1S/C57H102O6/c1-4-7-10-13-16-19-22-25-27-29-31-32-35-38-41-44-47-50-56(59)62-53-54(52-61-55(58)49-46-43-40-37-34-24-21-18-15-12-9-6-3)63-57(60)51-48-45-42-39-36-33-30-28-26-23-20-17-14-11-8-5-2/h16,19,25,27-28,30-32,54H,4-15,17-18,20-24,26,29,33-53H2,1-3H3/b19-16-,27-25-,30-28-,32-31-/t54-/m1/s1. The predicted octanol–water partition coefficient (Wildman–Crippen LogP) is 17.9. The molecule has 0 aromatic heterocycles. The molecule has 0 bridgehead atoms. The van der Waals surface area contributed by atoms with Crippen molar-refractivity contribution in [2.24, 2.45) is 0 Å². The molecular formula is C57H102O6. The van der Waals surface area contributed by atoms with Gasteiger partial charge >= 0.3 is 17.9 Å². The van der Waals surface area contributed by atoms with Gasteiger partial charge in [-0.15, -0.1) is 0 Å². The fourth-order valence-electron chi connectivity index (χ4n) is 7.68. The molecule has 0 aliphatic rings. The van der Waals surface area contributed by atoms with E-state index < -0.39 is 6.10 Å². The maximum atomic E-state index is 12.8. The molecule has 63 heavy (non-hydrogen) atoms. The molecule has 366 valence electrons. The fraction of sp³-hybridized carbons (Fsp3) is 0.807. The van der Waals surface area contributed by atoms with Crippen molar-refractivity contribution in [3.8, 4) is 0 Å². The monoisotopic (exact) mass is 883 g/mol. The zero-order valence-electron chi connectivity index (χ0n) is 41.8. The minimum Gasteiger partial charge on any atom is -0.462 e. The SMILES string of the molecule is CCCCC/C=C\C/C=C\C/C=C\CCCCCCC(=O)OC[C@@H](COC(=O)CCCCCCCCCCCCCC)OC(=O)CCCCCCC/C=C\CCCCCCCCC. The number of carbonyl (C=O) groups is 3. The van der Waals surface area contributed by atoms with Crippen LogP contribution in [-0.2, 0) is 28.6 Å². The summed E-state index contributed by atoms with van der Waals surface area (Å²) >= 11 is 0. The molecule has 0 fully saturated rings. The van der Waals surface area contributed by atoms with E-state index in [2.05, 4.69) is 69.4 Å². The van der Waals surface area contributed by atoms with Gasteiger partial charge < -0.3 is 14.2 Å². The Hall–Kier alpha value is -2.63. The van der Waals surface area contributed by atoms with Crippen LogP contribution in [0.25, 0.3) is 0 Å². The van der Waals surface area contributed by atoms with Crippen LogP contribution < -0.4 is 0 Å². The number of ether oxygens (including phenoxy) is 3. The molecule has 0 amide bonds. The molecule has 6 nitrogen and oxygen atoms in total. The van der Waals surface area contributed by atoms with Gasteiger partial charge in [0, 0.05) is 19.3 Å². The molecular weight excluding hydrogens is 781 g/mol. The topological polar surface area (TPSA) is 78.9 Å². The molecule has 0 N–H and O–H groups in total. The van der Waals surface area contributed by atoms with E-state index in [-0.39, 0.29) is 31.1 Å². The molecule has 0 radical (unpaired) electrons. The van der Waals surface area contributed by atoms with Gasteiger partial charge in [0.25, 0.3) is 0 Å². The summed E-state index contributed by atoms with van der Waals surface area (Å²) in [5, 5.41) is 0. The summed E-state index contributed by atoms with van der Waals surface area (Å²) in [5.41, 5.74) is 0. The van der Waals surface area contributed by atoms with E-state index in [1.807, 2.05) is 0 Å². The number of allylic oxidation sites excluding steroid dienone is 8. The Balaban J connectivity index is 4.40. The summed E-state index contributed by atoms with van der Waals surface area (Å²) in [5.74, 6) is -0.903. The minimum absolute atomic E-state index is 0.0813. The molecule has 0 rings (SSSR count). The smallest absolute Gasteiger partial charge is 0.306 e. The van der Waals surface area contributed by atoms with Crippen molar-refractivity contribution >= 4 is 17.9 Å². The third kappa shape index (κ3) is 50.2. The number of rotatable bonds is 49. The molecule has 0 aromatic rings. The van der Waals surface area contributed by atoms with Crippen LogP contribution in [0.2, 0.25) is 0 Å². The van der Waals surface area contributed by atoms with Crippen molar-refractivity contribution in [2.75, 3.05) is 13.2 Å². The highest BCUT2D eigenvalue weighted by molar-refractivity contribution is 5.71. The number of hydrogen-bond acceptors (Lipinski definition) is 6. The Morgan fingerprint density at radius 2 is 0.571 bits per heavy atom. The maximum absolute atomic E-state index is 12.8. The van der Waals surface area contributed by atoms with E-state index in [1.54, 1.807) is 0 Å². The zero-order chi connectivity index (χ0) is 45.8. The number of carbonyl (C=O) groups excluding carboxylic acids is 3. The van der Waals surface area contributed by atoms with Crippen molar-refractivity contribution in [1.29, 1.82) is 0 Å². The first-order valence-corrected chi connectivity index (χ1v) is 27.1. The van der Waals surface area contributed by atoms with E-state index in [4.69, 9.17) is 14.2 Å². The lowest BCUT2D eigenvalue weighted by Gasteiger charge is -2.18. The molecule has 1 atom stereocenters. The molecule has 0 spiro atoms. The van der Waals surface area contributed by atoms with Crippen LogP contribution in [0.3, 0.4) is 0 Å². The van der Waals surface area contributed by atoms with Crippen molar-refractivity contribution in [3.63, 3.8) is 0 Å². The van der Waals surface area contributed by atoms with Crippen LogP contribution in [0, 0.1) is 0 Å². The highest BCUT2D eigenvalue weighted by atomic mass is 16.6. The summed E-state index contributed by atoms with van der Waals surface area (Å²) in [6, 6.07) is 0. The van der Waals surface area contributed by atoms with Gasteiger partial charge in [-0.3, -0.25) is 14.4 Å². The normalized spacial score (nSPS) is 12.4. The zero-order valence-corrected chi connectivity index (χ0v) is 41.8. The van der Waals surface area contributed by atoms with E-state index in [0.29, 0.717) is 19.3 Å². The molecule has 0 unspecified atom stereocenters. The van der Waals surface area contributed by atoms with E-state index >= 15 is 0 Å². The van der Waals surface area contributed by atoms with Crippen LogP contribution in [0.1, 0.15) is 278 Å². The van der Waals surface area contributed by atoms with Gasteiger partial charge in [0.2, 0.25) is 0 Å². The number of esters is 3. The highest BCUT2D eigenvalue weighted by Gasteiger charge is 2.19. The van der Waals surface area contributed by atoms with Crippen LogP contribution in [0.4, 0.5) is 0 Å². The molecule has 0 saturated carbocycles. The molecule has 0 saturated heterocycles. The Kier molecular flexibility index (Phi) is 49.8. The molecule has 0 aliphatic heterocycles. The average Bonchev–Trinajstić information content (AvgIpc) is 3.28. The average molecular weight is 883 g/mol. The van der Waals surface area contributed by atoms with Gasteiger partial charge in [-0.25, -0.2) is 0 Å². The summed E-state index contributed by atoms with van der Waals surface area (Å²) in [7, 11) is 0. The van der Waals surface area contributed by atoms with E-state index in [0.717, 1.165) is 96.3 Å². The number of hydrogen-bond donors (Lipinski definition) is 0. The second-order valence-electron chi connectivity index (χ2n) is 18.1. The van der Waals surface area contributed by atoms with Gasteiger partial charge in [-0.05, 0) is 83.5 Å². The lowest BCUT2D eigenvalue weighted by atomic mass is 10.0. The quantitative estimate of drug-likeness (QED) is 0.0262. The van der Waals surface area contributed by atoms with E-state index in [1.165, 1.54) is 141 Å². The third-order valence-corrected chi connectivity index (χ3v) is 11.8. The second kappa shape index (κ2) is 52.0. The van der Waals surface area contributed by atoms with Crippen LogP contribution in [0.5, 0.6) is 0 Å². The molecule has 0 aliphatic carbocycles. The third-order valence-electron chi connectivity index (χ3n) is 11.8. The first-order valence-electron chi connectivity index (χ1n) is 27.1. The lowest BCUT2D eigenvalue weighted by Crippen LogP contribution is -2.30. The molecule has 0 heterocycles. The van der Waals surface area contributed by atoms with Crippen LogP contribution in [0.15, 0.2) is 48.6 Å². The largest absolute Gasteiger partial charge is 0.462 e. The summed E-state index contributed by atoms with van der Waals surface area (Å²) in [6.07, 6.45) is 62.3. The van der Waals surface area contributed by atoms with Gasteiger partial charge in [-0.2, -0.15) is 0 Å². The second-order valence-corrected chi connectivity index (χ2v) is 18.1. The van der Waals surface area contributed by atoms with Gasteiger partial charge in [0.1, 0.15) is 13.2 Å². The number of unbranched alkanes of at least 4 members (excludes halogenated alkanes) is 30. The summed E-state index contributed by atoms with van der Waals surface area (Å²) in [6.45, 7) is 6.60. The maximum Gasteiger partial charge on any atom is 0.306 e. The predicted molar refractivity (Wildman–Crippen MR) is 270 cm³/mol.